The van der Waals surface area contributed by atoms with Gasteiger partial charge in [0, 0.05) is 17.1 Å². The van der Waals surface area contributed by atoms with E-state index in [9.17, 15) is 5.11 Å². The van der Waals surface area contributed by atoms with Crippen molar-refractivity contribution in [2.45, 2.75) is 0 Å². The highest BCUT2D eigenvalue weighted by atomic mass is 35.5. The lowest BCUT2D eigenvalue weighted by Crippen LogP contribution is -2.06. The molecule has 0 unspecified atom stereocenters. The average Bonchev–Trinajstić information content (AvgIpc) is 2.26. The Kier molecular flexibility index (Phi) is 2.71. The number of pyridine rings is 1. The molecule has 0 saturated heterocycles. The second kappa shape index (κ2) is 4.02. The number of hydrogen-bond donors (Lipinski definition) is 1. The molecule has 0 spiro atoms. The minimum absolute atomic E-state index is 0. The van der Waals surface area contributed by atoms with Gasteiger partial charge < -0.3 is 9.84 Å². The van der Waals surface area contributed by atoms with Crippen LogP contribution in [0.2, 0.25) is 0 Å². The van der Waals surface area contributed by atoms with E-state index in [2.05, 4.69) is 4.98 Å². The molecule has 0 fully saturated rings. The zero-order valence-electron chi connectivity index (χ0n) is 8.38. The molecule has 0 amide bonds. The summed E-state index contributed by atoms with van der Waals surface area (Å²) in [6.07, 6.45) is 3.47. The monoisotopic (exact) mass is 235 g/mol. The van der Waals surface area contributed by atoms with Gasteiger partial charge in [0.05, 0.1) is 5.52 Å². The van der Waals surface area contributed by atoms with Gasteiger partial charge in [-0.2, -0.15) is 0 Å². The second-order valence-electron chi connectivity index (χ2n) is 3.51. The molecular weight excluding hydrogens is 226 g/mol. The summed E-state index contributed by atoms with van der Waals surface area (Å²) in [5, 5.41) is 10.4. The minimum Gasteiger partial charge on any atom is -0.509 e. The summed E-state index contributed by atoms with van der Waals surface area (Å²) in [6, 6.07) is 7.75. The predicted octanol–water partition coefficient (Wildman–Crippen LogP) is 2.95. The molecule has 1 N–H and O–H groups in total. The van der Waals surface area contributed by atoms with Gasteiger partial charge in [-0.15, -0.1) is 12.4 Å². The molecule has 16 heavy (non-hydrogen) atoms. The number of aromatic nitrogens is 1. The number of aliphatic hydroxyl groups excluding tert-OH is 1. The Balaban J connectivity index is 0.000000963. The molecular formula is C12H10ClNO2. The van der Waals surface area contributed by atoms with Gasteiger partial charge in [0.2, 0.25) is 0 Å². The van der Waals surface area contributed by atoms with Crippen molar-refractivity contribution in [2.75, 3.05) is 6.61 Å². The van der Waals surface area contributed by atoms with Gasteiger partial charge in [0.1, 0.15) is 18.1 Å². The Hall–Kier alpha value is -1.74. The molecule has 0 aliphatic carbocycles. The first-order chi connectivity index (χ1) is 7.33. The summed E-state index contributed by atoms with van der Waals surface area (Å²) in [4.78, 5) is 4.25. The number of halogens is 1. The van der Waals surface area contributed by atoms with Crippen LogP contribution in [-0.2, 0) is 0 Å². The molecule has 0 radical (unpaired) electrons. The van der Waals surface area contributed by atoms with Crippen LogP contribution in [0, 0.1) is 0 Å². The Morgan fingerprint density at radius 2 is 2.19 bits per heavy atom. The first-order valence-corrected chi connectivity index (χ1v) is 4.74. The van der Waals surface area contributed by atoms with Crippen LogP contribution in [0.15, 0.2) is 36.2 Å². The zero-order valence-corrected chi connectivity index (χ0v) is 9.20. The molecule has 1 aliphatic rings. The van der Waals surface area contributed by atoms with E-state index < -0.39 is 0 Å². The highest BCUT2D eigenvalue weighted by Gasteiger charge is 2.11. The van der Waals surface area contributed by atoms with Crippen LogP contribution in [0.25, 0.3) is 17.0 Å². The van der Waals surface area contributed by atoms with Gasteiger partial charge in [-0.25, -0.2) is 0 Å². The van der Waals surface area contributed by atoms with Gasteiger partial charge in [-0.3, -0.25) is 4.98 Å². The van der Waals surface area contributed by atoms with Crippen LogP contribution in [0.5, 0.6) is 5.75 Å². The van der Waals surface area contributed by atoms with Gasteiger partial charge in [0.15, 0.2) is 0 Å². The third-order valence-corrected chi connectivity index (χ3v) is 2.43. The topological polar surface area (TPSA) is 42.4 Å². The molecule has 4 heteroatoms. The van der Waals surface area contributed by atoms with Crippen LogP contribution in [0.4, 0.5) is 0 Å². The fourth-order valence-corrected chi connectivity index (χ4v) is 1.73. The van der Waals surface area contributed by atoms with Gasteiger partial charge in [0.25, 0.3) is 0 Å². The molecule has 0 bridgehead atoms. The summed E-state index contributed by atoms with van der Waals surface area (Å²) in [7, 11) is 0. The number of fused-ring (bicyclic) bond motifs is 2. The Bertz CT molecular complexity index is 566. The number of rotatable bonds is 0. The molecule has 3 rings (SSSR count). The maximum absolute atomic E-state index is 9.34. The van der Waals surface area contributed by atoms with E-state index in [4.69, 9.17) is 4.74 Å². The van der Waals surface area contributed by atoms with Gasteiger partial charge >= 0.3 is 0 Å². The lowest BCUT2D eigenvalue weighted by molar-refractivity contribution is 0.267. The fourth-order valence-electron chi connectivity index (χ4n) is 1.73. The lowest BCUT2D eigenvalue weighted by atomic mass is 10.1. The van der Waals surface area contributed by atoms with E-state index in [-0.39, 0.29) is 24.8 Å². The molecule has 2 heterocycles. The number of ether oxygens (including phenoxy) is 1. The Morgan fingerprint density at radius 1 is 1.31 bits per heavy atom. The van der Waals surface area contributed by atoms with Gasteiger partial charge in [-0.05, 0) is 24.3 Å². The van der Waals surface area contributed by atoms with Crippen molar-refractivity contribution in [1.29, 1.82) is 0 Å². The summed E-state index contributed by atoms with van der Waals surface area (Å²) >= 11 is 0. The van der Waals surface area contributed by atoms with Crippen LogP contribution >= 0.6 is 12.4 Å². The highest BCUT2D eigenvalue weighted by molar-refractivity contribution is 5.85. The van der Waals surface area contributed by atoms with E-state index in [1.165, 1.54) is 0 Å². The maximum atomic E-state index is 9.34. The average molecular weight is 236 g/mol. The smallest absolute Gasteiger partial charge is 0.145 e. The van der Waals surface area contributed by atoms with Crippen molar-refractivity contribution in [3.05, 3.63) is 41.8 Å². The van der Waals surface area contributed by atoms with Crippen molar-refractivity contribution >= 4 is 29.4 Å². The predicted molar refractivity (Wildman–Crippen MR) is 65.1 cm³/mol. The normalized spacial score (nSPS) is 13.4. The third kappa shape index (κ3) is 1.70. The van der Waals surface area contributed by atoms with E-state index in [1.54, 1.807) is 12.3 Å². The van der Waals surface area contributed by atoms with Gasteiger partial charge in [-0.1, -0.05) is 6.07 Å². The fraction of sp³-hybridized carbons (Fsp3) is 0.0833. The van der Waals surface area contributed by atoms with E-state index in [1.807, 2.05) is 24.3 Å². The first-order valence-electron chi connectivity index (χ1n) is 4.74. The maximum Gasteiger partial charge on any atom is 0.145 e. The summed E-state index contributed by atoms with van der Waals surface area (Å²) in [6.45, 7) is 0.249. The summed E-state index contributed by atoms with van der Waals surface area (Å²) < 4.78 is 5.40. The number of benzene rings is 1. The molecule has 0 atom stereocenters. The molecule has 2 aromatic rings. The van der Waals surface area contributed by atoms with Crippen molar-refractivity contribution in [3.63, 3.8) is 0 Å². The largest absolute Gasteiger partial charge is 0.509 e. The summed E-state index contributed by atoms with van der Waals surface area (Å²) in [5.74, 6) is 1.05. The molecule has 1 aromatic carbocycles. The van der Waals surface area contributed by atoms with Crippen molar-refractivity contribution in [1.82, 2.24) is 4.98 Å². The van der Waals surface area contributed by atoms with Crippen LogP contribution in [0.3, 0.4) is 0 Å². The highest BCUT2D eigenvalue weighted by Crippen LogP contribution is 2.29. The first kappa shape index (κ1) is 10.8. The Morgan fingerprint density at radius 3 is 3.06 bits per heavy atom. The third-order valence-electron chi connectivity index (χ3n) is 2.43. The number of hydrogen-bond acceptors (Lipinski definition) is 3. The quantitative estimate of drug-likeness (QED) is 0.764. The molecule has 1 aromatic heterocycles. The van der Waals surface area contributed by atoms with Crippen molar-refractivity contribution < 1.29 is 9.84 Å². The second-order valence-corrected chi connectivity index (χ2v) is 3.51. The van der Waals surface area contributed by atoms with Crippen molar-refractivity contribution in [3.8, 4) is 5.75 Å². The number of aliphatic hydroxyl groups is 1. The minimum atomic E-state index is 0. The SMILES string of the molecule is Cl.OC1=Cc2cc3ncccc3cc2OC1. The summed E-state index contributed by atoms with van der Waals surface area (Å²) in [5.41, 5.74) is 1.79. The van der Waals surface area contributed by atoms with Crippen molar-refractivity contribution in [2.24, 2.45) is 0 Å². The molecule has 3 nitrogen and oxygen atoms in total. The molecule has 82 valence electrons. The molecule has 0 saturated carbocycles. The van der Waals surface area contributed by atoms with E-state index in [0.29, 0.717) is 0 Å². The number of nitrogens with zero attached hydrogens (tertiary/aromatic N) is 1. The Labute approximate surface area is 98.8 Å². The molecule has 1 aliphatic heterocycles. The van der Waals surface area contributed by atoms with Crippen LogP contribution < -0.4 is 4.74 Å². The van der Waals surface area contributed by atoms with Crippen LogP contribution in [-0.4, -0.2) is 16.7 Å². The standard InChI is InChI=1S/C12H9NO2.ClH/c14-10-4-9-5-11-8(2-1-3-13-11)6-12(9)15-7-10;/h1-6,14H,7H2;1H. The van der Waals surface area contributed by atoms with Crippen LogP contribution in [0.1, 0.15) is 5.56 Å². The van der Waals surface area contributed by atoms with E-state index in [0.717, 1.165) is 22.2 Å². The zero-order chi connectivity index (χ0) is 10.3. The van der Waals surface area contributed by atoms with E-state index >= 15 is 0 Å². The lowest BCUT2D eigenvalue weighted by Gasteiger charge is -2.15.